The third kappa shape index (κ3) is 4.15. The Labute approximate surface area is 212 Å². The summed E-state index contributed by atoms with van der Waals surface area (Å²) in [4.78, 5) is 31.3. The maximum absolute atomic E-state index is 12.0. The van der Waals surface area contributed by atoms with Crippen molar-refractivity contribution >= 4 is 62.6 Å². The van der Waals surface area contributed by atoms with Crippen molar-refractivity contribution in [1.82, 2.24) is 29.8 Å². The van der Waals surface area contributed by atoms with Gasteiger partial charge >= 0.3 is 0 Å². The molecule has 3 aromatic heterocycles. The molecule has 35 heavy (non-hydrogen) atoms. The van der Waals surface area contributed by atoms with Crippen LogP contribution in [-0.2, 0) is 16.1 Å². The van der Waals surface area contributed by atoms with Crippen molar-refractivity contribution in [3.63, 3.8) is 0 Å². The van der Waals surface area contributed by atoms with Gasteiger partial charge in [0.25, 0.3) is 11.9 Å². The lowest BCUT2D eigenvalue weighted by Crippen LogP contribution is -2.41. The maximum Gasteiger partial charge on any atom is 0.297 e. The van der Waals surface area contributed by atoms with Gasteiger partial charge in [0.15, 0.2) is 34.9 Å². The quantitative estimate of drug-likeness (QED) is 0.232. The van der Waals surface area contributed by atoms with Gasteiger partial charge in [-0.05, 0) is 40.3 Å². The lowest BCUT2D eigenvalue weighted by atomic mass is 10.1. The Kier molecular flexibility index (Phi) is 6.20. The molecule has 5 rings (SSSR count). The highest BCUT2D eigenvalue weighted by atomic mass is 127. The molecule has 4 heterocycles. The molecule has 4 N–H and O–H groups in total. The minimum Gasteiger partial charge on any atom is -0.422 e. The number of halogens is 1. The number of nitrogens with one attached hydrogen (secondary N) is 2. The second kappa shape index (κ2) is 9.18. The first-order chi connectivity index (χ1) is 16.8. The van der Waals surface area contributed by atoms with Crippen molar-refractivity contribution in [1.29, 1.82) is 0 Å². The summed E-state index contributed by atoms with van der Waals surface area (Å²) in [5, 5.41) is 26.4. The zero-order valence-electron chi connectivity index (χ0n) is 19.0. The Hall–Kier alpha value is -3.08. The van der Waals surface area contributed by atoms with E-state index in [9.17, 15) is 15.0 Å². The average Bonchev–Trinajstić information content (AvgIpc) is 3.54. The number of carbonyl (C=O) groups is 1. The number of anilines is 2. The number of imidazole rings is 1. The van der Waals surface area contributed by atoms with Crippen LogP contribution in [0.2, 0.25) is 0 Å². The van der Waals surface area contributed by atoms with Crippen LogP contribution in [0.25, 0.3) is 22.3 Å². The van der Waals surface area contributed by atoms with Gasteiger partial charge in [-0.3, -0.25) is 9.36 Å². The maximum atomic E-state index is 12.0. The van der Waals surface area contributed by atoms with E-state index in [1.165, 1.54) is 24.3 Å². The van der Waals surface area contributed by atoms with E-state index >= 15 is 0 Å². The minimum absolute atomic E-state index is 0.383. The molecule has 1 aliphatic heterocycles. The number of benzene rings is 1. The molecule has 0 aliphatic carbocycles. The lowest BCUT2D eigenvalue weighted by Gasteiger charge is -2.16. The molecule has 0 saturated carbocycles. The Morgan fingerprint density at radius 3 is 2.77 bits per heavy atom. The molecule has 1 aliphatic rings. The van der Waals surface area contributed by atoms with E-state index in [1.54, 1.807) is 0 Å². The van der Waals surface area contributed by atoms with E-state index < -0.39 is 30.4 Å². The molecule has 1 unspecified atom stereocenters. The van der Waals surface area contributed by atoms with Gasteiger partial charge in [-0.15, -0.1) is 0 Å². The van der Waals surface area contributed by atoms with Crippen LogP contribution in [0.15, 0.2) is 29.2 Å². The van der Waals surface area contributed by atoms with Gasteiger partial charge < -0.3 is 34.9 Å². The van der Waals surface area contributed by atoms with Gasteiger partial charge in [-0.25, -0.2) is 15.0 Å². The predicted octanol–water partition coefficient (Wildman–Crippen LogP) is 0.615. The summed E-state index contributed by atoms with van der Waals surface area (Å²) in [6.45, 7) is 0.440. The number of carbonyl (C=O) groups excluding carboxylic acids is 1. The van der Waals surface area contributed by atoms with Crippen LogP contribution in [0.5, 0.6) is 0 Å². The third-order valence-corrected chi connectivity index (χ3v) is 6.51. The lowest BCUT2D eigenvalue weighted by molar-refractivity contribution is -0.137. The SMILES string of the molecule is CNC(=O)[C@H]1O[C@@H](n2cnc3c(NCc4cc(I)c5oc(N(C)C)nc5c4)ncnc32)[C@@H](O)C1O. The van der Waals surface area contributed by atoms with Crippen LogP contribution in [-0.4, -0.2) is 80.1 Å². The first-order valence-electron chi connectivity index (χ1n) is 10.7. The zero-order chi connectivity index (χ0) is 24.9. The van der Waals surface area contributed by atoms with Crippen molar-refractivity contribution < 1.29 is 24.2 Å². The summed E-state index contributed by atoms with van der Waals surface area (Å²) in [6.07, 6.45) is -2.18. The highest BCUT2D eigenvalue weighted by Gasteiger charge is 2.47. The van der Waals surface area contributed by atoms with Crippen LogP contribution in [0.3, 0.4) is 0 Å². The summed E-state index contributed by atoms with van der Waals surface area (Å²) in [5.74, 6) is -0.0502. The normalized spacial score (nSPS) is 22.1. The summed E-state index contributed by atoms with van der Waals surface area (Å²) in [5.41, 5.74) is 3.29. The fourth-order valence-corrected chi connectivity index (χ4v) is 4.72. The van der Waals surface area contributed by atoms with Gasteiger partial charge in [0.1, 0.15) is 24.1 Å². The Balaban J connectivity index is 1.40. The molecule has 0 spiro atoms. The molecule has 4 atom stereocenters. The van der Waals surface area contributed by atoms with Crippen molar-refractivity contribution in [2.75, 3.05) is 31.4 Å². The fraction of sp³-hybridized carbons (Fsp3) is 0.381. The smallest absolute Gasteiger partial charge is 0.297 e. The topological polar surface area (TPSA) is 164 Å². The minimum atomic E-state index is -1.39. The molecule has 1 fully saturated rings. The number of hydrogen-bond acceptors (Lipinski definition) is 11. The Bertz CT molecular complexity index is 1410. The molecule has 0 bridgehead atoms. The number of rotatable bonds is 6. The van der Waals surface area contributed by atoms with Gasteiger partial charge in [-0.1, -0.05) is 0 Å². The second-order valence-corrected chi connectivity index (χ2v) is 9.42. The first kappa shape index (κ1) is 23.7. The molecular formula is C21H23IN8O5. The van der Waals surface area contributed by atoms with Gasteiger partial charge in [-0.2, -0.15) is 4.98 Å². The summed E-state index contributed by atoms with van der Waals surface area (Å²) in [7, 11) is 5.17. The van der Waals surface area contributed by atoms with Crippen molar-refractivity contribution in [3.8, 4) is 0 Å². The van der Waals surface area contributed by atoms with Gasteiger partial charge in [0, 0.05) is 27.7 Å². The second-order valence-electron chi connectivity index (χ2n) is 8.26. The Morgan fingerprint density at radius 1 is 1.23 bits per heavy atom. The van der Waals surface area contributed by atoms with Crippen LogP contribution < -0.4 is 15.5 Å². The first-order valence-corrected chi connectivity index (χ1v) is 11.8. The molecular weight excluding hydrogens is 571 g/mol. The highest BCUT2D eigenvalue weighted by molar-refractivity contribution is 14.1. The molecule has 1 amide bonds. The van der Waals surface area contributed by atoms with E-state index in [2.05, 4.69) is 53.2 Å². The van der Waals surface area contributed by atoms with Crippen molar-refractivity contribution in [2.24, 2.45) is 0 Å². The monoisotopic (exact) mass is 594 g/mol. The van der Waals surface area contributed by atoms with E-state index in [0.717, 1.165) is 20.2 Å². The number of ether oxygens (including phenoxy) is 1. The predicted molar refractivity (Wildman–Crippen MR) is 134 cm³/mol. The van der Waals surface area contributed by atoms with E-state index in [-0.39, 0.29) is 0 Å². The number of aromatic nitrogens is 5. The molecule has 14 heteroatoms. The van der Waals surface area contributed by atoms with E-state index in [1.807, 2.05) is 31.1 Å². The highest BCUT2D eigenvalue weighted by Crippen LogP contribution is 2.33. The van der Waals surface area contributed by atoms with E-state index in [4.69, 9.17) is 9.15 Å². The molecule has 1 aromatic carbocycles. The van der Waals surface area contributed by atoms with E-state index in [0.29, 0.717) is 29.5 Å². The number of oxazole rings is 1. The summed E-state index contributed by atoms with van der Waals surface area (Å²) < 4.78 is 13.9. The van der Waals surface area contributed by atoms with Gasteiger partial charge in [0.2, 0.25) is 0 Å². The van der Waals surface area contributed by atoms with Crippen LogP contribution >= 0.6 is 22.6 Å². The average molecular weight is 594 g/mol. The third-order valence-electron chi connectivity index (χ3n) is 5.71. The van der Waals surface area contributed by atoms with Crippen molar-refractivity contribution in [2.45, 2.75) is 31.1 Å². The zero-order valence-corrected chi connectivity index (χ0v) is 21.2. The van der Waals surface area contributed by atoms with Crippen molar-refractivity contribution in [3.05, 3.63) is 33.9 Å². The summed E-state index contributed by atoms with van der Waals surface area (Å²) in [6, 6.07) is 4.48. The number of aliphatic hydroxyl groups excluding tert-OH is 2. The number of nitrogens with zero attached hydrogens (tertiary/aromatic N) is 6. The van der Waals surface area contributed by atoms with Gasteiger partial charge in [0.05, 0.1) is 9.90 Å². The number of aliphatic hydroxyl groups is 2. The molecule has 13 nitrogen and oxygen atoms in total. The largest absolute Gasteiger partial charge is 0.422 e. The number of fused-ring (bicyclic) bond motifs is 2. The molecule has 184 valence electrons. The van der Waals surface area contributed by atoms with Crippen LogP contribution in [0.4, 0.5) is 11.8 Å². The fourth-order valence-electron chi connectivity index (χ4n) is 3.93. The molecule has 4 aromatic rings. The molecule has 1 saturated heterocycles. The molecule has 0 radical (unpaired) electrons. The summed E-state index contributed by atoms with van der Waals surface area (Å²) >= 11 is 2.22. The number of hydrogen-bond donors (Lipinski definition) is 4. The van der Waals surface area contributed by atoms with Crippen LogP contribution in [0, 0.1) is 3.57 Å². The number of likely N-dealkylation sites (N-methyl/N-ethyl adjacent to an activating group) is 1. The number of amides is 1. The standard InChI is InChI=1S/C21H23IN8O5/c1-23-19(33)16-13(31)14(32)20(34-16)30-8-27-12-17(25-7-26-18(12)30)24-6-9-4-10(22)15-11(5-9)28-21(35-15)29(2)3/h4-5,7-8,13-14,16,20,31-32H,6H2,1-3H3,(H,23,33)(H,24,25,26)/t13?,14-,16-,20+/m0/s1. The Morgan fingerprint density at radius 2 is 2.03 bits per heavy atom. The van der Waals surface area contributed by atoms with Crippen LogP contribution in [0.1, 0.15) is 11.8 Å².